The fourth-order valence-corrected chi connectivity index (χ4v) is 3.45. The summed E-state index contributed by atoms with van der Waals surface area (Å²) in [6, 6.07) is 15.2. The maximum atomic E-state index is 11.5. The topological polar surface area (TPSA) is 111 Å². The molecule has 4 aromatic rings. The summed E-state index contributed by atoms with van der Waals surface area (Å²) in [5.41, 5.74) is 2.19. The summed E-state index contributed by atoms with van der Waals surface area (Å²) in [7, 11) is 0. The van der Waals surface area contributed by atoms with Gasteiger partial charge in [0, 0.05) is 23.4 Å². The first-order valence-electron chi connectivity index (χ1n) is 8.78. The van der Waals surface area contributed by atoms with E-state index in [0.717, 1.165) is 11.6 Å². The molecule has 0 aliphatic heterocycles. The van der Waals surface area contributed by atoms with E-state index in [0.29, 0.717) is 34.4 Å². The Morgan fingerprint density at radius 3 is 2.69 bits per heavy atom. The van der Waals surface area contributed by atoms with Crippen LogP contribution in [0.5, 0.6) is 5.75 Å². The van der Waals surface area contributed by atoms with Gasteiger partial charge in [0.2, 0.25) is 6.08 Å². The molecule has 2 aromatic carbocycles. The number of isocyanates is 1. The lowest BCUT2D eigenvalue weighted by atomic mass is 10.1. The number of hydrogen-bond donors (Lipinski definition) is 3. The molecule has 7 nitrogen and oxygen atoms in total. The minimum Gasteiger partial charge on any atom is -0.507 e. The van der Waals surface area contributed by atoms with Gasteiger partial charge >= 0.3 is 0 Å². The number of hydrogen-bond acceptors (Lipinski definition) is 5. The molecular weight excluding hydrogens is 392 g/mol. The van der Waals surface area contributed by atoms with Crippen molar-refractivity contribution in [2.24, 2.45) is 4.99 Å². The number of fused-ring (bicyclic) bond motifs is 1. The van der Waals surface area contributed by atoms with Crippen LogP contribution in [0.1, 0.15) is 17.4 Å². The van der Waals surface area contributed by atoms with E-state index in [4.69, 9.17) is 11.6 Å². The number of aromatic nitrogens is 3. The third-order valence-corrected chi connectivity index (χ3v) is 4.84. The fourth-order valence-electron chi connectivity index (χ4n) is 3.21. The Morgan fingerprint density at radius 2 is 1.93 bits per heavy atom. The number of aromatic hydroxyl groups is 1. The third-order valence-electron chi connectivity index (χ3n) is 4.57. The first-order valence-corrected chi connectivity index (χ1v) is 9.15. The lowest BCUT2D eigenvalue weighted by molar-refractivity contribution is 0.480. The van der Waals surface area contributed by atoms with E-state index >= 15 is 0 Å². The number of aliphatic imine (C=N–C) groups is 1. The molecule has 3 N–H and O–H groups in total. The zero-order valence-corrected chi connectivity index (χ0v) is 15.8. The smallest absolute Gasteiger partial charge is 0.252 e. The molecule has 144 valence electrons. The molecule has 0 fully saturated rings. The minimum absolute atomic E-state index is 0.134. The van der Waals surface area contributed by atoms with Crippen molar-refractivity contribution in [3.8, 4) is 17.0 Å². The zero-order valence-electron chi connectivity index (χ0n) is 15.0. The number of halogens is 1. The largest absolute Gasteiger partial charge is 0.507 e. The SMILES string of the molecule is O=C=NC(Cc1ccccc1)c1nc(-c2ccc3[nH]c(=O)cc(O)c3c2)c(Cl)[nH]1. The van der Waals surface area contributed by atoms with Crippen LogP contribution in [0.3, 0.4) is 0 Å². The summed E-state index contributed by atoms with van der Waals surface area (Å²) >= 11 is 6.36. The van der Waals surface area contributed by atoms with Crippen LogP contribution in [0.25, 0.3) is 22.2 Å². The summed E-state index contributed by atoms with van der Waals surface area (Å²) in [4.78, 5) is 36.5. The van der Waals surface area contributed by atoms with Crippen LogP contribution < -0.4 is 5.56 Å². The Balaban J connectivity index is 1.74. The lowest BCUT2D eigenvalue weighted by Crippen LogP contribution is -2.03. The Labute approximate surface area is 169 Å². The molecule has 0 radical (unpaired) electrons. The molecule has 29 heavy (non-hydrogen) atoms. The van der Waals surface area contributed by atoms with E-state index in [2.05, 4.69) is 19.9 Å². The molecule has 0 bridgehead atoms. The number of carbonyl (C=O) groups excluding carboxylic acids is 1. The van der Waals surface area contributed by atoms with E-state index in [1.165, 1.54) is 0 Å². The molecule has 0 spiro atoms. The summed E-state index contributed by atoms with van der Waals surface area (Å²) in [5, 5.41) is 10.8. The molecule has 8 heteroatoms. The van der Waals surface area contributed by atoms with E-state index in [1.54, 1.807) is 24.3 Å². The Morgan fingerprint density at radius 1 is 1.14 bits per heavy atom. The van der Waals surface area contributed by atoms with Gasteiger partial charge in [-0.2, -0.15) is 4.99 Å². The average molecular weight is 407 g/mol. The van der Waals surface area contributed by atoms with Crippen molar-refractivity contribution in [1.82, 2.24) is 15.0 Å². The van der Waals surface area contributed by atoms with Gasteiger partial charge in [-0.3, -0.25) is 4.79 Å². The van der Waals surface area contributed by atoms with Crippen molar-refractivity contribution >= 4 is 28.6 Å². The minimum atomic E-state index is -0.564. The van der Waals surface area contributed by atoms with Crippen LogP contribution in [0.15, 0.2) is 64.4 Å². The molecule has 0 amide bonds. The molecule has 0 saturated carbocycles. The van der Waals surface area contributed by atoms with Gasteiger partial charge in [0.05, 0.1) is 5.52 Å². The summed E-state index contributed by atoms with van der Waals surface area (Å²) in [5.74, 6) is 0.299. The Hall–Kier alpha value is -3.67. The summed E-state index contributed by atoms with van der Waals surface area (Å²) in [6.45, 7) is 0. The van der Waals surface area contributed by atoms with Crippen molar-refractivity contribution in [1.29, 1.82) is 0 Å². The molecular formula is C21H15ClN4O3. The summed E-state index contributed by atoms with van der Waals surface area (Å²) < 4.78 is 0. The van der Waals surface area contributed by atoms with Gasteiger partial charge in [-0.15, -0.1) is 0 Å². The van der Waals surface area contributed by atoms with Gasteiger partial charge in [0.1, 0.15) is 28.5 Å². The van der Waals surface area contributed by atoms with Crippen molar-refractivity contribution in [2.45, 2.75) is 12.5 Å². The molecule has 2 aromatic heterocycles. The second kappa shape index (κ2) is 7.75. The van der Waals surface area contributed by atoms with Gasteiger partial charge < -0.3 is 15.1 Å². The normalized spacial score (nSPS) is 11.9. The summed E-state index contributed by atoms with van der Waals surface area (Å²) in [6.07, 6.45) is 2.05. The van der Waals surface area contributed by atoms with Crippen molar-refractivity contribution in [3.05, 3.63) is 81.5 Å². The van der Waals surface area contributed by atoms with E-state index in [-0.39, 0.29) is 10.9 Å². The lowest BCUT2D eigenvalue weighted by Gasteiger charge is -2.07. The third kappa shape index (κ3) is 3.82. The molecule has 1 unspecified atom stereocenters. The Bertz CT molecular complexity index is 1290. The molecule has 1 atom stereocenters. The van der Waals surface area contributed by atoms with E-state index in [1.807, 2.05) is 30.3 Å². The van der Waals surface area contributed by atoms with Crippen LogP contribution in [-0.4, -0.2) is 26.1 Å². The number of aromatic amines is 2. The number of nitrogens with one attached hydrogen (secondary N) is 2. The van der Waals surface area contributed by atoms with E-state index < -0.39 is 11.6 Å². The first-order chi connectivity index (χ1) is 14.0. The van der Waals surface area contributed by atoms with Gasteiger partial charge in [-0.25, -0.2) is 9.78 Å². The first kappa shape index (κ1) is 18.7. The molecule has 0 saturated heterocycles. The number of rotatable bonds is 5. The average Bonchev–Trinajstić information content (AvgIpc) is 3.10. The van der Waals surface area contributed by atoms with Crippen molar-refractivity contribution in [3.63, 3.8) is 0 Å². The monoisotopic (exact) mass is 406 g/mol. The highest BCUT2D eigenvalue weighted by Crippen LogP contribution is 2.32. The second-order valence-corrected chi connectivity index (χ2v) is 6.87. The van der Waals surface area contributed by atoms with Gasteiger partial charge in [0.15, 0.2) is 0 Å². The predicted octanol–water partition coefficient (Wildman–Crippen LogP) is 3.90. The Kier molecular flexibility index (Phi) is 4.99. The molecule has 0 aliphatic carbocycles. The highest BCUT2D eigenvalue weighted by molar-refractivity contribution is 6.32. The van der Waals surface area contributed by atoms with Crippen molar-refractivity contribution < 1.29 is 9.90 Å². The zero-order chi connectivity index (χ0) is 20.4. The quantitative estimate of drug-likeness (QED) is 0.344. The number of nitrogens with zero attached hydrogens (tertiary/aromatic N) is 2. The number of imidazole rings is 1. The van der Waals surface area contributed by atoms with Gasteiger partial charge in [0.25, 0.3) is 5.56 Å². The fraction of sp³-hybridized carbons (Fsp3) is 0.0952. The molecule has 4 rings (SSSR count). The molecule has 2 heterocycles. The standard InChI is InChI=1S/C21H15ClN4O3/c22-20-19(13-6-7-15-14(9-13)17(28)10-18(29)24-15)25-21(26-20)16(23-11-27)8-12-4-2-1-3-5-12/h1-7,9-10,16H,8H2,(H,25,26)(H2,24,28,29). The number of H-pyrrole nitrogens is 2. The number of benzene rings is 2. The van der Waals surface area contributed by atoms with Crippen LogP contribution in [0.4, 0.5) is 0 Å². The highest BCUT2D eigenvalue weighted by atomic mass is 35.5. The molecule has 0 aliphatic rings. The predicted molar refractivity (Wildman–Crippen MR) is 110 cm³/mol. The van der Waals surface area contributed by atoms with Gasteiger partial charge in [-0.05, 0) is 17.7 Å². The van der Waals surface area contributed by atoms with Crippen LogP contribution >= 0.6 is 11.6 Å². The van der Waals surface area contributed by atoms with E-state index in [9.17, 15) is 14.7 Å². The maximum Gasteiger partial charge on any atom is 0.252 e. The highest BCUT2D eigenvalue weighted by Gasteiger charge is 2.19. The number of pyridine rings is 1. The van der Waals surface area contributed by atoms with Crippen LogP contribution in [-0.2, 0) is 11.2 Å². The maximum absolute atomic E-state index is 11.5. The second-order valence-electron chi connectivity index (χ2n) is 6.49. The van der Waals surface area contributed by atoms with Gasteiger partial charge in [-0.1, -0.05) is 48.0 Å². The van der Waals surface area contributed by atoms with Crippen LogP contribution in [0.2, 0.25) is 5.15 Å². The van der Waals surface area contributed by atoms with Crippen molar-refractivity contribution in [2.75, 3.05) is 0 Å². The van der Waals surface area contributed by atoms with Crippen LogP contribution in [0, 0.1) is 0 Å².